The monoisotopic (exact) mass is 295 g/mol. The van der Waals surface area contributed by atoms with E-state index in [0.29, 0.717) is 12.6 Å². The number of ether oxygens (including phenoxy) is 1. The molecule has 0 radical (unpaired) electrons. The Balaban J connectivity index is 1.45. The lowest BCUT2D eigenvalue weighted by molar-refractivity contribution is -0.144. The fourth-order valence-electron chi connectivity index (χ4n) is 4.00. The van der Waals surface area contributed by atoms with Crippen molar-refractivity contribution >= 4 is 5.91 Å². The molecule has 21 heavy (non-hydrogen) atoms. The van der Waals surface area contributed by atoms with Crippen molar-refractivity contribution in [2.75, 3.05) is 32.7 Å². The first-order chi connectivity index (χ1) is 10.3. The van der Waals surface area contributed by atoms with Crippen LogP contribution < -0.4 is 5.73 Å². The SMILES string of the molecule is NCC1CCC(C(=O)N2CCC(N3CCCCC3)CC2)O1. The molecule has 0 aromatic heterocycles. The van der Waals surface area contributed by atoms with E-state index in [1.165, 1.54) is 32.4 Å². The van der Waals surface area contributed by atoms with E-state index >= 15 is 0 Å². The molecule has 3 rings (SSSR count). The van der Waals surface area contributed by atoms with Crippen LogP contribution >= 0.6 is 0 Å². The van der Waals surface area contributed by atoms with Crippen molar-refractivity contribution < 1.29 is 9.53 Å². The molecule has 0 aromatic carbocycles. The Labute approximate surface area is 127 Å². The number of hydrogen-bond donors (Lipinski definition) is 1. The quantitative estimate of drug-likeness (QED) is 0.843. The molecule has 5 nitrogen and oxygen atoms in total. The van der Waals surface area contributed by atoms with Crippen LogP contribution in [0.1, 0.15) is 44.9 Å². The van der Waals surface area contributed by atoms with Gasteiger partial charge < -0.3 is 20.3 Å². The molecule has 5 heteroatoms. The van der Waals surface area contributed by atoms with E-state index in [-0.39, 0.29) is 18.1 Å². The second kappa shape index (κ2) is 7.07. The number of carbonyl (C=O) groups excluding carboxylic acids is 1. The lowest BCUT2D eigenvalue weighted by Crippen LogP contribution is -2.50. The van der Waals surface area contributed by atoms with E-state index in [2.05, 4.69) is 4.90 Å². The molecule has 3 fully saturated rings. The van der Waals surface area contributed by atoms with Gasteiger partial charge in [0.1, 0.15) is 6.10 Å². The number of rotatable bonds is 3. The lowest BCUT2D eigenvalue weighted by Gasteiger charge is -2.40. The van der Waals surface area contributed by atoms with E-state index in [4.69, 9.17) is 10.5 Å². The summed E-state index contributed by atoms with van der Waals surface area (Å²) < 4.78 is 5.74. The van der Waals surface area contributed by atoms with Crippen LogP contribution in [0.5, 0.6) is 0 Å². The van der Waals surface area contributed by atoms with Crippen molar-refractivity contribution in [3.8, 4) is 0 Å². The van der Waals surface area contributed by atoms with Gasteiger partial charge in [-0.15, -0.1) is 0 Å². The summed E-state index contributed by atoms with van der Waals surface area (Å²) in [6.07, 6.45) is 7.94. The van der Waals surface area contributed by atoms with Gasteiger partial charge in [-0.1, -0.05) is 6.42 Å². The molecule has 0 saturated carbocycles. The van der Waals surface area contributed by atoms with Crippen molar-refractivity contribution in [3.63, 3.8) is 0 Å². The summed E-state index contributed by atoms with van der Waals surface area (Å²) >= 11 is 0. The fraction of sp³-hybridized carbons (Fsp3) is 0.938. The summed E-state index contributed by atoms with van der Waals surface area (Å²) in [4.78, 5) is 17.1. The van der Waals surface area contributed by atoms with Gasteiger partial charge in [-0.2, -0.15) is 0 Å². The maximum absolute atomic E-state index is 12.5. The van der Waals surface area contributed by atoms with Gasteiger partial charge in [-0.3, -0.25) is 4.79 Å². The van der Waals surface area contributed by atoms with Gasteiger partial charge in [0, 0.05) is 25.7 Å². The summed E-state index contributed by atoms with van der Waals surface area (Å²) in [5.41, 5.74) is 5.62. The van der Waals surface area contributed by atoms with E-state index in [1.807, 2.05) is 4.90 Å². The van der Waals surface area contributed by atoms with Crippen LogP contribution in [0.25, 0.3) is 0 Å². The Hall–Kier alpha value is -0.650. The van der Waals surface area contributed by atoms with Gasteiger partial charge in [0.15, 0.2) is 0 Å². The minimum Gasteiger partial charge on any atom is -0.364 e. The average molecular weight is 295 g/mol. The van der Waals surface area contributed by atoms with Crippen molar-refractivity contribution in [2.45, 2.75) is 63.2 Å². The zero-order valence-electron chi connectivity index (χ0n) is 13.0. The zero-order chi connectivity index (χ0) is 14.7. The van der Waals surface area contributed by atoms with Gasteiger partial charge in [0.2, 0.25) is 0 Å². The Morgan fingerprint density at radius 2 is 1.71 bits per heavy atom. The van der Waals surface area contributed by atoms with Crippen molar-refractivity contribution in [1.29, 1.82) is 0 Å². The predicted molar refractivity (Wildman–Crippen MR) is 82.0 cm³/mol. The first kappa shape index (κ1) is 15.3. The molecule has 2 N–H and O–H groups in total. The maximum Gasteiger partial charge on any atom is 0.251 e. The third-order valence-corrected chi connectivity index (χ3v) is 5.33. The highest BCUT2D eigenvalue weighted by molar-refractivity contribution is 5.81. The van der Waals surface area contributed by atoms with Gasteiger partial charge >= 0.3 is 0 Å². The van der Waals surface area contributed by atoms with Gasteiger partial charge in [0.05, 0.1) is 6.10 Å². The van der Waals surface area contributed by atoms with Crippen LogP contribution in [-0.4, -0.2) is 66.7 Å². The van der Waals surface area contributed by atoms with Gasteiger partial charge in [0.25, 0.3) is 5.91 Å². The van der Waals surface area contributed by atoms with Crippen LogP contribution in [-0.2, 0) is 9.53 Å². The molecule has 3 saturated heterocycles. The first-order valence-corrected chi connectivity index (χ1v) is 8.66. The fourth-order valence-corrected chi connectivity index (χ4v) is 4.00. The number of carbonyl (C=O) groups is 1. The minimum atomic E-state index is -0.231. The Morgan fingerprint density at radius 1 is 1.00 bits per heavy atom. The van der Waals surface area contributed by atoms with Crippen LogP contribution in [0.2, 0.25) is 0 Å². The van der Waals surface area contributed by atoms with Gasteiger partial charge in [-0.05, 0) is 51.6 Å². The topological polar surface area (TPSA) is 58.8 Å². The van der Waals surface area contributed by atoms with Crippen LogP contribution in [0, 0.1) is 0 Å². The molecule has 3 heterocycles. The number of hydrogen-bond acceptors (Lipinski definition) is 4. The summed E-state index contributed by atoms with van der Waals surface area (Å²) in [5.74, 6) is 0.197. The normalized spacial score (nSPS) is 32.5. The summed E-state index contributed by atoms with van der Waals surface area (Å²) in [7, 11) is 0. The van der Waals surface area contributed by atoms with Crippen LogP contribution in [0.3, 0.4) is 0 Å². The average Bonchev–Trinajstić information content (AvgIpc) is 3.04. The standard InChI is InChI=1S/C16H29N3O2/c17-12-14-4-5-15(21-14)16(20)19-10-6-13(7-11-19)18-8-2-1-3-9-18/h13-15H,1-12,17H2. The Kier molecular flexibility index (Phi) is 5.14. The zero-order valence-corrected chi connectivity index (χ0v) is 13.0. The Bertz CT molecular complexity index is 349. The summed E-state index contributed by atoms with van der Waals surface area (Å²) in [6, 6.07) is 0.690. The van der Waals surface area contributed by atoms with Gasteiger partial charge in [-0.25, -0.2) is 0 Å². The van der Waals surface area contributed by atoms with Crippen molar-refractivity contribution in [3.05, 3.63) is 0 Å². The minimum absolute atomic E-state index is 0.0878. The number of nitrogens with zero attached hydrogens (tertiary/aromatic N) is 2. The molecular weight excluding hydrogens is 266 g/mol. The van der Waals surface area contributed by atoms with Crippen LogP contribution in [0.4, 0.5) is 0 Å². The highest BCUT2D eigenvalue weighted by Crippen LogP contribution is 2.24. The predicted octanol–water partition coefficient (Wildman–Crippen LogP) is 0.970. The maximum atomic E-state index is 12.5. The number of piperidine rings is 2. The molecular formula is C16H29N3O2. The summed E-state index contributed by atoms with van der Waals surface area (Å²) in [6.45, 7) is 4.83. The third-order valence-electron chi connectivity index (χ3n) is 5.33. The summed E-state index contributed by atoms with van der Waals surface area (Å²) in [5, 5.41) is 0. The van der Waals surface area contributed by atoms with E-state index in [9.17, 15) is 4.79 Å². The van der Waals surface area contributed by atoms with E-state index in [1.54, 1.807) is 0 Å². The first-order valence-electron chi connectivity index (χ1n) is 8.66. The third kappa shape index (κ3) is 3.58. The molecule has 2 atom stereocenters. The molecule has 0 spiro atoms. The number of amides is 1. The smallest absolute Gasteiger partial charge is 0.251 e. The molecule has 0 aromatic rings. The highest BCUT2D eigenvalue weighted by Gasteiger charge is 2.35. The lowest BCUT2D eigenvalue weighted by atomic mass is 9.99. The molecule has 0 bridgehead atoms. The highest BCUT2D eigenvalue weighted by atomic mass is 16.5. The van der Waals surface area contributed by atoms with E-state index in [0.717, 1.165) is 38.8 Å². The largest absolute Gasteiger partial charge is 0.364 e. The molecule has 3 aliphatic heterocycles. The van der Waals surface area contributed by atoms with Crippen molar-refractivity contribution in [1.82, 2.24) is 9.80 Å². The second-order valence-electron chi connectivity index (χ2n) is 6.71. The van der Waals surface area contributed by atoms with Crippen molar-refractivity contribution in [2.24, 2.45) is 5.73 Å². The number of likely N-dealkylation sites (tertiary alicyclic amines) is 2. The second-order valence-corrected chi connectivity index (χ2v) is 6.71. The Morgan fingerprint density at radius 3 is 2.33 bits per heavy atom. The molecule has 0 aliphatic carbocycles. The number of nitrogens with two attached hydrogens (primary N) is 1. The molecule has 2 unspecified atom stereocenters. The molecule has 120 valence electrons. The molecule has 3 aliphatic rings. The van der Waals surface area contributed by atoms with Crippen LogP contribution in [0.15, 0.2) is 0 Å². The molecule has 1 amide bonds. The van der Waals surface area contributed by atoms with E-state index < -0.39 is 0 Å².